The fourth-order valence-electron chi connectivity index (χ4n) is 2.86. The quantitative estimate of drug-likeness (QED) is 0.899. The average Bonchev–Trinajstić information content (AvgIpc) is 3.04. The molecule has 1 atom stereocenters. The molecule has 0 aliphatic carbocycles. The van der Waals surface area contributed by atoms with Crippen LogP contribution in [0.2, 0.25) is 0 Å². The largest absolute Gasteiger partial charge is 0.497 e. The predicted molar refractivity (Wildman–Crippen MR) is 94.9 cm³/mol. The van der Waals surface area contributed by atoms with Crippen molar-refractivity contribution in [2.75, 3.05) is 7.11 Å². The number of carbonyl (C=O) groups excluding carboxylic acids is 1. The van der Waals surface area contributed by atoms with E-state index in [2.05, 4.69) is 9.97 Å². The molecule has 6 nitrogen and oxygen atoms in total. The molecule has 6 heteroatoms. The molecule has 0 saturated heterocycles. The van der Waals surface area contributed by atoms with Crippen molar-refractivity contribution in [3.63, 3.8) is 0 Å². The van der Waals surface area contributed by atoms with Crippen molar-refractivity contribution in [2.45, 2.75) is 39.4 Å². The fraction of sp³-hybridized carbons (Fsp3) is 0.421. The molecule has 0 spiro atoms. The molecular weight excluding hydrogens is 316 g/mol. The van der Waals surface area contributed by atoms with Crippen LogP contribution in [-0.4, -0.2) is 33.9 Å². The normalized spacial score (nSPS) is 14.5. The molecule has 3 rings (SSSR count). The second-order valence-electron chi connectivity index (χ2n) is 6.75. The van der Waals surface area contributed by atoms with Crippen LogP contribution in [0.3, 0.4) is 0 Å². The summed E-state index contributed by atoms with van der Waals surface area (Å²) >= 11 is 0. The van der Waals surface area contributed by atoms with E-state index in [4.69, 9.17) is 10.5 Å². The monoisotopic (exact) mass is 340 g/mol. The van der Waals surface area contributed by atoms with Gasteiger partial charge in [-0.15, -0.1) is 0 Å². The molecule has 0 bridgehead atoms. The number of nitrogens with zero attached hydrogens (tertiary/aromatic N) is 3. The van der Waals surface area contributed by atoms with Crippen LogP contribution >= 0.6 is 0 Å². The SMILES string of the molecule is COc1ccc(Cc2ncc3c(n2)CN(C(=O)[C@H](N)C(C)C)C3)cc1. The van der Waals surface area contributed by atoms with Gasteiger partial charge in [0, 0.05) is 24.7 Å². The van der Waals surface area contributed by atoms with Crippen LogP contribution in [-0.2, 0) is 24.3 Å². The topological polar surface area (TPSA) is 81.3 Å². The summed E-state index contributed by atoms with van der Waals surface area (Å²) in [7, 11) is 1.65. The van der Waals surface area contributed by atoms with E-state index in [1.54, 1.807) is 12.0 Å². The van der Waals surface area contributed by atoms with Crippen molar-refractivity contribution < 1.29 is 9.53 Å². The summed E-state index contributed by atoms with van der Waals surface area (Å²) < 4.78 is 5.17. The highest BCUT2D eigenvalue weighted by molar-refractivity contribution is 5.82. The molecule has 2 N–H and O–H groups in total. The maximum atomic E-state index is 12.4. The van der Waals surface area contributed by atoms with Gasteiger partial charge in [0.25, 0.3) is 0 Å². The number of rotatable bonds is 5. The lowest BCUT2D eigenvalue weighted by Crippen LogP contribution is -2.44. The van der Waals surface area contributed by atoms with Gasteiger partial charge in [-0.05, 0) is 23.6 Å². The van der Waals surface area contributed by atoms with Crippen molar-refractivity contribution in [3.05, 3.63) is 53.1 Å². The number of carbonyl (C=O) groups is 1. The third-order valence-corrected chi connectivity index (χ3v) is 4.54. The Morgan fingerprint density at radius 3 is 2.64 bits per heavy atom. The van der Waals surface area contributed by atoms with Crippen LogP contribution in [0.1, 0.15) is 36.5 Å². The molecule has 25 heavy (non-hydrogen) atoms. The van der Waals surface area contributed by atoms with Crippen LogP contribution in [0.25, 0.3) is 0 Å². The number of aromatic nitrogens is 2. The number of hydrogen-bond donors (Lipinski definition) is 1. The first-order valence-electron chi connectivity index (χ1n) is 8.49. The molecular formula is C19H24N4O2. The summed E-state index contributed by atoms with van der Waals surface area (Å²) in [5.41, 5.74) is 9.03. The van der Waals surface area contributed by atoms with Crippen molar-refractivity contribution in [2.24, 2.45) is 11.7 Å². The number of methoxy groups -OCH3 is 1. The van der Waals surface area contributed by atoms with E-state index >= 15 is 0 Å². The minimum Gasteiger partial charge on any atom is -0.497 e. The highest BCUT2D eigenvalue weighted by Crippen LogP contribution is 2.22. The van der Waals surface area contributed by atoms with Gasteiger partial charge in [-0.2, -0.15) is 0 Å². The second kappa shape index (κ2) is 7.19. The van der Waals surface area contributed by atoms with Gasteiger partial charge in [0.15, 0.2) is 0 Å². The number of hydrogen-bond acceptors (Lipinski definition) is 5. The van der Waals surface area contributed by atoms with Crippen molar-refractivity contribution in [1.29, 1.82) is 0 Å². The van der Waals surface area contributed by atoms with Gasteiger partial charge < -0.3 is 15.4 Å². The van der Waals surface area contributed by atoms with E-state index in [-0.39, 0.29) is 11.8 Å². The minimum absolute atomic E-state index is 0.0234. The van der Waals surface area contributed by atoms with E-state index < -0.39 is 6.04 Å². The number of benzene rings is 1. The van der Waals surface area contributed by atoms with Gasteiger partial charge in [0.2, 0.25) is 5.91 Å². The number of fused-ring (bicyclic) bond motifs is 1. The summed E-state index contributed by atoms with van der Waals surface area (Å²) in [6, 6.07) is 7.40. The van der Waals surface area contributed by atoms with Crippen LogP contribution in [0.15, 0.2) is 30.5 Å². The standard InChI is InChI=1S/C19H24N4O2/c1-12(2)18(20)19(24)23-10-14-9-21-17(22-16(14)11-23)8-13-4-6-15(25-3)7-5-13/h4-7,9,12,18H,8,10-11,20H2,1-3H3/t18-/m1/s1. The van der Waals surface area contributed by atoms with E-state index in [1.807, 2.05) is 44.3 Å². The Morgan fingerprint density at radius 2 is 2.00 bits per heavy atom. The molecule has 2 heterocycles. The van der Waals surface area contributed by atoms with E-state index in [9.17, 15) is 4.79 Å². The van der Waals surface area contributed by atoms with E-state index in [1.165, 1.54) is 0 Å². The summed E-state index contributed by atoms with van der Waals surface area (Å²) in [5, 5.41) is 0. The molecule has 0 unspecified atom stereocenters. The Kier molecular flexibility index (Phi) is 4.99. The molecule has 1 aromatic heterocycles. The molecule has 1 aliphatic rings. The van der Waals surface area contributed by atoms with Crippen LogP contribution in [0, 0.1) is 5.92 Å². The van der Waals surface area contributed by atoms with Gasteiger partial charge in [0.1, 0.15) is 11.6 Å². The van der Waals surface area contributed by atoms with Gasteiger partial charge in [0.05, 0.1) is 25.4 Å². The molecule has 0 fully saturated rings. The summed E-state index contributed by atoms with van der Waals surface area (Å²) in [4.78, 5) is 23.3. The highest BCUT2D eigenvalue weighted by Gasteiger charge is 2.29. The Balaban J connectivity index is 1.70. The third kappa shape index (κ3) is 3.79. The summed E-state index contributed by atoms with van der Waals surface area (Å²) in [5.74, 6) is 1.68. The van der Waals surface area contributed by atoms with Gasteiger partial charge in [-0.3, -0.25) is 4.79 Å². The fourth-order valence-corrected chi connectivity index (χ4v) is 2.86. The summed E-state index contributed by atoms with van der Waals surface area (Å²) in [6.07, 6.45) is 2.48. The third-order valence-electron chi connectivity index (χ3n) is 4.54. The molecule has 1 aromatic carbocycles. The Morgan fingerprint density at radius 1 is 1.28 bits per heavy atom. The zero-order chi connectivity index (χ0) is 18.0. The minimum atomic E-state index is -0.471. The van der Waals surface area contributed by atoms with Crippen molar-refractivity contribution in [3.8, 4) is 5.75 Å². The molecule has 0 saturated carbocycles. The van der Waals surface area contributed by atoms with Gasteiger partial charge >= 0.3 is 0 Å². The average molecular weight is 340 g/mol. The maximum absolute atomic E-state index is 12.4. The van der Waals surface area contributed by atoms with Gasteiger partial charge in [-0.25, -0.2) is 9.97 Å². The molecule has 2 aromatic rings. The van der Waals surface area contributed by atoms with E-state index in [0.29, 0.717) is 19.5 Å². The molecule has 0 radical (unpaired) electrons. The Bertz CT molecular complexity index is 759. The lowest BCUT2D eigenvalue weighted by atomic mass is 10.0. The Hall–Kier alpha value is -2.47. The summed E-state index contributed by atoms with van der Waals surface area (Å²) in [6.45, 7) is 4.96. The maximum Gasteiger partial charge on any atom is 0.240 e. The van der Waals surface area contributed by atoms with Crippen molar-refractivity contribution >= 4 is 5.91 Å². The van der Waals surface area contributed by atoms with Crippen LogP contribution in [0.5, 0.6) is 5.75 Å². The van der Waals surface area contributed by atoms with Crippen LogP contribution in [0.4, 0.5) is 0 Å². The van der Waals surface area contributed by atoms with Gasteiger partial charge in [-0.1, -0.05) is 26.0 Å². The second-order valence-corrected chi connectivity index (χ2v) is 6.75. The Labute approximate surface area is 148 Å². The predicted octanol–water partition coefficient (Wildman–Crippen LogP) is 1.90. The smallest absolute Gasteiger partial charge is 0.240 e. The van der Waals surface area contributed by atoms with Crippen LogP contribution < -0.4 is 10.5 Å². The molecule has 1 aliphatic heterocycles. The lowest BCUT2D eigenvalue weighted by molar-refractivity contribution is -0.134. The van der Waals surface area contributed by atoms with Crippen molar-refractivity contribution in [1.82, 2.24) is 14.9 Å². The number of nitrogens with two attached hydrogens (primary N) is 1. The zero-order valence-corrected chi connectivity index (χ0v) is 14.9. The molecule has 132 valence electrons. The number of ether oxygens (including phenoxy) is 1. The first-order chi connectivity index (χ1) is 12.0. The molecule has 1 amide bonds. The lowest BCUT2D eigenvalue weighted by Gasteiger charge is -2.22. The first kappa shape index (κ1) is 17.4. The first-order valence-corrected chi connectivity index (χ1v) is 8.49. The highest BCUT2D eigenvalue weighted by atomic mass is 16.5. The zero-order valence-electron chi connectivity index (χ0n) is 14.9. The number of amides is 1. The van der Waals surface area contributed by atoms with E-state index in [0.717, 1.165) is 28.4 Å².